The number of carbonyl (C=O) groups excluding carboxylic acids is 2. The van der Waals surface area contributed by atoms with Gasteiger partial charge in [0.2, 0.25) is 5.91 Å². The molecule has 0 aliphatic rings. The molecule has 0 saturated carbocycles. The van der Waals surface area contributed by atoms with Gasteiger partial charge in [0.15, 0.2) is 0 Å². The van der Waals surface area contributed by atoms with Gasteiger partial charge in [0.1, 0.15) is 6.04 Å². The summed E-state index contributed by atoms with van der Waals surface area (Å²) in [6.45, 7) is 1.78. The van der Waals surface area contributed by atoms with Crippen LogP contribution in [0.15, 0.2) is 0 Å². The molecule has 0 aromatic rings. The van der Waals surface area contributed by atoms with Crippen LogP contribution in [-0.4, -0.2) is 35.1 Å². The molecule has 0 aliphatic heterocycles. The third-order valence-corrected chi connectivity index (χ3v) is 2.20. The van der Waals surface area contributed by atoms with E-state index < -0.39 is 30.0 Å². The molecule has 0 rings (SSSR count). The van der Waals surface area contributed by atoms with Crippen LogP contribution in [-0.2, 0) is 9.59 Å². The third kappa shape index (κ3) is 6.37. The molecule has 5 N–H and O–H groups in total. The third-order valence-electron chi connectivity index (χ3n) is 2.20. The highest BCUT2D eigenvalue weighted by Gasteiger charge is 2.21. The Morgan fingerprint density at radius 3 is 2.39 bits per heavy atom. The summed E-state index contributed by atoms with van der Waals surface area (Å²) in [7, 11) is 0. The number of nitrogens with one attached hydrogen (secondary N) is 2. The van der Waals surface area contributed by atoms with Gasteiger partial charge in [-0.15, -0.1) is 6.42 Å². The van der Waals surface area contributed by atoms with Crippen LogP contribution in [0, 0.1) is 12.3 Å². The molecule has 3 amide bonds. The van der Waals surface area contributed by atoms with Crippen LogP contribution in [0.25, 0.3) is 0 Å². The lowest BCUT2D eigenvalue weighted by molar-refractivity contribution is -0.139. The molecule has 0 aliphatic carbocycles. The maximum Gasteiger partial charge on any atom is 0.326 e. The van der Waals surface area contributed by atoms with E-state index in [1.165, 1.54) is 0 Å². The lowest BCUT2D eigenvalue weighted by Gasteiger charge is -2.16. The number of primary amides is 1. The van der Waals surface area contributed by atoms with Crippen molar-refractivity contribution in [2.75, 3.05) is 0 Å². The second kappa shape index (κ2) is 7.95. The number of terminal acetylenes is 1. The van der Waals surface area contributed by atoms with E-state index in [1.54, 1.807) is 6.92 Å². The zero-order chi connectivity index (χ0) is 14.1. The largest absolute Gasteiger partial charge is 0.480 e. The molecule has 0 bridgehead atoms. The number of amides is 3. The molecule has 7 nitrogen and oxygen atoms in total. The second-order valence-electron chi connectivity index (χ2n) is 3.64. The second-order valence-corrected chi connectivity index (χ2v) is 3.64. The summed E-state index contributed by atoms with van der Waals surface area (Å²) >= 11 is 0. The summed E-state index contributed by atoms with van der Waals surface area (Å²) in [5, 5.41) is 13.5. The number of nitrogens with two attached hydrogens (primary N) is 1. The fraction of sp³-hybridized carbons (Fsp3) is 0.545. The normalized spacial score (nSPS) is 12.9. The number of carboxylic acids is 1. The fourth-order valence-electron chi connectivity index (χ4n) is 1.16. The average molecular weight is 255 g/mol. The fourth-order valence-corrected chi connectivity index (χ4v) is 1.16. The topological polar surface area (TPSA) is 122 Å². The standard InChI is InChI=1S/C11H17N3O4/c1-3-7(4-2)13-11(18)14-8(10(16)17)5-6-9(12)15/h1,7-8H,4-6H2,2H3,(H2,12,15)(H,16,17)(H2,13,14,18)/t7?,8-/m0/s1. The molecule has 100 valence electrons. The first kappa shape index (κ1) is 15.8. The van der Waals surface area contributed by atoms with Crippen molar-refractivity contribution in [1.29, 1.82) is 0 Å². The number of carbonyl (C=O) groups is 3. The predicted molar refractivity (Wildman–Crippen MR) is 64.4 cm³/mol. The molecule has 18 heavy (non-hydrogen) atoms. The maximum absolute atomic E-state index is 11.4. The lowest BCUT2D eigenvalue weighted by Crippen LogP contribution is -2.48. The minimum atomic E-state index is -1.24. The van der Waals surface area contributed by atoms with E-state index >= 15 is 0 Å². The number of carboxylic acid groups (broad SMARTS) is 1. The van der Waals surface area contributed by atoms with Crippen LogP contribution in [0.1, 0.15) is 26.2 Å². The first-order chi connectivity index (χ1) is 8.40. The van der Waals surface area contributed by atoms with E-state index in [0.29, 0.717) is 6.42 Å². The number of aliphatic carboxylic acids is 1. The SMILES string of the molecule is C#CC(CC)NC(=O)N[C@@H](CCC(N)=O)C(=O)O. The average Bonchev–Trinajstić information content (AvgIpc) is 2.30. The Morgan fingerprint density at radius 2 is 2.00 bits per heavy atom. The summed E-state index contributed by atoms with van der Waals surface area (Å²) in [5.41, 5.74) is 4.91. The highest BCUT2D eigenvalue weighted by molar-refractivity contribution is 5.83. The molecule has 0 heterocycles. The molecule has 0 aromatic carbocycles. The molecule has 7 heteroatoms. The van der Waals surface area contributed by atoms with Gasteiger partial charge < -0.3 is 21.5 Å². The van der Waals surface area contributed by atoms with Gasteiger partial charge in [-0.1, -0.05) is 12.8 Å². The van der Waals surface area contributed by atoms with Crippen molar-refractivity contribution in [3.63, 3.8) is 0 Å². The van der Waals surface area contributed by atoms with Gasteiger partial charge in [-0.3, -0.25) is 4.79 Å². The highest BCUT2D eigenvalue weighted by atomic mass is 16.4. The van der Waals surface area contributed by atoms with E-state index in [1.807, 2.05) is 0 Å². The van der Waals surface area contributed by atoms with Crippen molar-refractivity contribution in [3.05, 3.63) is 0 Å². The van der Waals surface area contributed by atoms with Crippen LogP contribution >= 0.6 is 0 Å². The van der Waals surface area contributed by atoms with E-state index in [-0.39, 0.29) is 12.8 Å². The van der Waals surface area contributed by atoms with Crippen LogP contribution in [0.4, 0.5) is 4.79 Å². The summed E-state index contributed by atoms with van der Waals surface area (Å²) in [6, 6.07) is -2.32. The minimum absolute atomic E-state index is 0.0646. The maximum atomic E-state index is 11.4. The van der Waals surface area contributed by atoms with E-state index in [2.05, 4.69) is 16.6 Å². The van der Waals surface area contributed by atoms with Crippen molar-refractivity contribution in [2.24, 2.45) is 5.73 Å². The predicted octanol–water partition coefficient (Wildman–Crippen LogP) is -0.584. The van der Waals surface area contributed by atoms with Crippen molar-refractivity contribution in [2.45, 2.75) is 38.3 Å². The van der Waals surface area contributed by atoms with Gasteiger partial charge in [-0.2, -0.15) is 0 Å². The van der Waals surface area contributed by atoms with Crippen LogP contribution in [0.2, 0.25) is 0 Å². The summed E-state index contributed by atoms with van der Waals surface area (Å²) in [5.74, 6) is 0.480. The van der Waals surface area contributed by atoms with Gasteiger partial charge in [0.05, 0.1) is 6.04 Å². The van der Waals surface area contributed by atoms with Gasteiger partial charge in [0, 0.05) is 6.42 Å². The summed E-state index contributed by atoms with van der Waals surface area (Å²) < 4.78 is 0. The number of urea groups is 1. The van der Waals surface area contributed by atoms with Gasteiger partial charge >= 0.3 is 12.0 Å². The Hall–Kier alpha value is -2.23. The molecule has 2 atom stereocenters. The first-order valence-corrected chi connectivity index (χ1v) is 5.45. The molecule has 0 spiro atoms. The zero-order valence-electron chi connectivity index (χ0n) is 10.1. The number of hydrogen-bond acceptors (Lipinski definition) is 3. The van der Waals surface area contributed by atoms with Crippen LogP contribution < -0.4 is 16.4 Å². The van der Waals surface area contributed by atoms with E-state index in [9.17, 15) is 14.4 Å². The van der Waals surface area contributed by atoms with Crippen molar-refractivity contribution in [1.82, 2.24) is 10.6 Å². The highest BCUT2D eigenvalue weighted by Crippen LogP contribution is 1.98. The minimum Gasteiger partial charge on any atom is -0.480 e. The van der Waals surface area contributed by atoms with E-state index in [4.69, 9.17) is 17.3 Å². The summed E-state index contributed by atoms with van der Waals surface area (Å²) in [6.07, 6.45) is 5.50. The smallest absolute Gasteiger partial charge is 0.326 e. The Morgan fingerprint density at radius 1 is 1.39 bits per heavy atom. The molecule has 0 radical (unpaired) electrons. The number of rotatable bonds is 7. The molecular weight excluding hydrogens is 238 g/mol. The lowest BCUT2D eigenvalue weighted by atomic mass is 10.1. The van der Waals surface area contributed by atoms with Gasteiger partial charge in [-0.25, -0.2) is 9.59 Å². The molecule has 0 aromatic heterocycles. The van der Waals surface area contributed by atoms with E-state index in [0.717, 1.165) is 0 Å². The van der Waals surface area contributed by atoms with Crippen molar-refractivity contribution >= 4 is 17.9 Å². The first-order valence-electron chi connectivity index (χ1n) is 5.45. The Labute approximate surface area is 105 Å². The van der Waals surface area contributed by atoms with Crippen molar-refractivity contribution < 1.29 is 19.5 Å². The van der Waals surface area contributed by atoms with Crippen LogP contribution in [0.5, 0.6) is 0 Å². The van der Waals surface area contributed by atoms with Crippen molar-refractivity contribution in [3.8, 4) is 12.3 Å². The zero-order valence-corrected chi connectivity index (χ0v) is 10.1. The van der Waals surface area contributed by atoms with Gasteiger partial charge in [-0.05, 0) is 12.8 Å². The molecule has 0 fully saturated rings. The Bertz CT molecular complexity index is 362. The number of hydrogen-bond donors (Lipinski definition) is 4. The molecule has 1 unspecified atom stereocenters. The van der Waals surface area contributed by atoms with Crippen LogP contribution in [0.3, 0.4) is 0 Å². The monoisotopic (exact) mass is 255 g/mol. The molecular formula is C11H17N3O4. The Balaban J connectivity index is 4.32. The summed E-state index contributed by atoms with van der Waals surface area (Å²) in [4.78, 5) is 32.8. The Kier molecular flexibility index (Phi) is 6.96. The quantitative estimate of drug-likeness (QED) is 0.454. The van der Waals surface area contributed by atoms with Gasteiger partial charge in [0.25, 0.3) is 0 Å². The molecule has 0 saturated heterocycles.